The van der Waals surface area contributed by atoms with E-state index in [9.17, 15) is 14.4 Å². The van der Waals surface area contributed by atoms with Gasteiger partial charge in [0.25, 0.3) is 0 Å². The average molecular weight is 287 g/mol. The molecule has 1 rings (SSSR count). The summed E-state index contributed by atoms with van der Waals surface area (Å²) in [6.07, 6.45) is 3.07. The molecule has 3 amide bonds. The number of hydrogen-bond acceptors (Lipinski definition) is 4. The smallest absolute Gasteiger partial charge is 0.243 e. The van der Waals surface area contributed by atoms with Crippen molar-refractivity contribution in [2.24, 2.45) is 0 Å². The Morgan fingerprint density at radius 2 is 2.21 bits per heavy atom. The maximum Gasteiger partial charge on any atom is 0.243 e. The molecule has 1 unspecified atom stereocenters. The molecule has 0 saturated carbocycles. The second kappa shape index (κ2) is 7.37. The van der Waals surface area contributed by atoms with Crippen molar-refractivity contribution in [2.45, 2.75) is 44.8 Å². The third kappa shape index (κ3) is 5.10. The first-order valence-corrected chi connectivity index (χ1v) is 7.70. The summed E-state index contributed by atoms with van der Waals surface area (Å²) in [6, 6.07) is -0.995. The van der Waals surface area contributed by atoms with Crippen molar-refractivity contribution in [3.8, 4) is 0 Å². The molecule has 1 aliphatic rings. The summed E-state index contributed by atoms with van der Waals surface area (Å²) >= 11 is 1.61. The Kier molecular flexibility index (Phi) is 6.14. The van der Waals surface area contributed by atoms with Gasteiger partial charge in [-0.25, -0.2) is 0 Å². The first kappa shape index (κ1) is 15.8. The lowest BCUT2D eigenvalue weighted by molar-refractivity contribution is -0.130. The van der Waals surface area contributed by atoms with Crippen molar-refractivity contribution in [1.82, 2.24) is 16.0 Å². The summed E-state index contributed by atoms with van der Waals surface area (Å²) in [5.41, 5.74) is 0. The zero-order valence-corrected chi connectivity index (χ0v) is 12.3. The Morgan fingerprint density at radius 3 is 2.68 bits per heavy atom. The Morgan fingerprint density at radius 1 is 1.53 bits per heavy atom. The van der Waals surface area contributed by atoms with E-state index in [-0.39, 0.29) is 23.8 Å². The Balaban J connectivity index is 2.55. The lowest BCUT2D eigenvalue weighted by Crippen LogP contribution is -2.51. The normalized spacial score (nSPS) is 23.6. The topological polar surface area (TPSA) is 87.3 Å². The summed E-state index contributed by atoms with van der Waals surface area (Å²) < 4.78 is 0. The van der Waals surface area contributed by atoms with Crippen LogP contribution in [0.2, 0.25) is 0 Å². The van der Waals surface area contributed by atoms with E-state index in [0.29, 0.717) is 12.8 Å². The Bertz CT molecular complexity index is 362. The zero-order chi connectivity index (χ0) is 14.4. The SMILES string of the molecule is CSCC[C@H](NC(C)=O)C(=O)N[C@H]1CC(C)NC1=O. The standard InChI is InChI=1S/C12H21N3O3S/c1-7-6-10(12(18)13-7)15-11(17)9(4-5-19-3)14-8(2)16/h7,9-10H,4-6H2,1-3H3,(H,13,18)(H,14,16)(H,15,17)/t7?,9-,10-/m0/s1. The van der Waals surface area contributed by atoms with Gasteiger partial charge in [-0.05, 0) is 31.8 Å². The Labute approximate surface area is 117 Å². The van der Waals surface area contributed by atoms with Gasteiger partial charge in [-0.2, -0.15) is 11.8 Å². The fourth-order valence-corrected chi connectivity index (χ4v) is 2.48. The third-order valence-corrected chi connectivity index (χ3v) is 3.56. The number of hydrogen-bond donors (Lipinski definition) is 3. The molecule has 0 aromatic carbocycles. The van der Waals surface area contributed by atoms with Gasteiger partial charge in [-0.3, -0.25) is 14.4 Å². The molecule has 3 atom stereocenters. The predicted octanol–water partition coefficient (Wildman–Crippen LogP) is -0.363. The van der Waals surface area contributed by atoms with Gasteiger partial charge in [0.05, 0.1) is 0 Å². The van der Waals surface area contributed by atoms with Crippen LogP contribution in [0, 0.1) is 0 Å². The second-order valence-corrected chi connectivity index (χ2v) is 5.73. The van der Waals surface area contributed by atoms with Gasteiger partial charge in [0.2, 0.25) is 17.7 Å². The van der Waals surface area contributed by atoms with E-state index in [1.165, 1.54) is 6.92 Å². The average Bonchev–Trinajstić information content (AvgIpc) is 2.62. The first-order chi connectivity index (χ1) is 8.93. The van der Waals surface area contributed by atoms with Crippen molar-refractivity contribution < 1.29 is 14.4 Å². The molecule has 0 aromatic heterocycles. The Hall–Kier alpha value is -1.24. The van der Waals surface area contributed by atoms with E-state index in [2.05, 4.69) is 16.0 Å². The van der Waals surface area contributed by atoms with Crippen LogP contribution in [-0.2, 0) is 14.4 Å². The molecule has 1 heterocycles. The van der Waals surface area contributed by atoms with Gasteiger partial charge in [-0.15, -0.1) is 0 Å². The van der Waals surface area contributed by atoms with Crippen LogP contribution in [0.5, 0.6) is 0 Å². The van der Waals surface area contributed by atoms with Crippen LogP contribution >= 0.6 is 11.8 Å². The van der Waals surface area contributed by atoms with Gasteiger partial charge < -0.3 is 16.0 Å². The van der Waals surface area contributed by atoms with Gasteiger partial charge >= 0.3 is 0 Å². The highest BCUT2D eigenvalue weighted by Crippen LogP contribution is 2.08. The van der Waals surface area contributed by atoms with Gasteiger partial charge in [0.15, 0.2) is 0 Å². The van der Waals surface area contributed by atoms with E-state index >= 15 is 0 Å². The summed E-state index contributed by atoms with van der Waals surface area (Å²) in [5, 5.41) is 8.07. The molecule has 3 N–H and O–H groups in total. The van der Waals surface area contributed by atoms with Crippen LogP contribution in [0.1, 0.15) is 26.7 Å². The molecule has 1 aliphatic heterocycles. The minimum Gasteiger partial charge on any atom is -0.352 e. The summed E-state index contributed by atoms with van der Waals surface area (Å²) in [6.45, 7) is 3.27. The molecule has 19 heavy (non-hydrogen) atoms. The molecular formula is C12H21N3O3S. The molecule has 0 radical (unpaired) electrons. The minimum absolute atomic E-state index is 0.0724. The molecule has 1 fully saturated rings. The number of carbonyl (C=O) groups is 3. The third-order valence-electron chi connectivity index (χ3n) is 2.92. The van der Waals surface area contributed by atoms with Gasteiger partial charge in [-0.1, -0.05) is 0 Å². The lowest BCUT2D eigenvalue weighted by atomic mass is 10.1. The summed E-state index contributed by atoms with van der Waals surface area (Å²) in [4.78, 5) is 34.7. The van der Waals surface area contributed by atoms with Crippen molar-refractivity contribution in [3.63, 3.8) is 0 Å². The van der Waals surface area contributed by atoms with E-state index in [1.807, 2.05) is 13.2 Å². The fourth-order valence-electron chi connectivity index (χ4n) is 2.01. The second-order valence-electron chi connectivity index (χ2n) is 4.74. The van der Waals surface area contributed by atoms with Crippen molar-refractivity contribution in [1.29, 1.82) is 0 Å². The van der Waals surface area contributed by atoms with Crippen LogP contribution in [0.3, 0.4) is 0 Å². The molecule has 0 aromatic rings. The van der Waals surface area contributed by atoms with Crippen molar-refractivity contribution >= 4 is 29.5 Å². The molecule has 108 valence electrons. The number of nitrogens with one attached hydrogen (secondary N) is 3. The minimum atomic E-state index is -0.575. The summed E-state index contributed by atoms with van der Waals surface area (Å²) in [7, 11) is 0. The first-order valence-electron chi connectivity index (χ1n) is 6.30. The van der Waals surface area contributed by atoms with E-state index in [4.69, 9.17) is 0 Å². The van der Waals surface area contributed by atoms with Crippen LogP contribution in [0.15, 0.2) is 0 Å². The van der Waals surface area contributed by atoms with Crippen molar-refractivity contribution in [2.75, 3.05) is 12.0 Å². The van der Waals surface area contributed by atoms with E-state index in [1.54, 1.807) is 11.8 Å². The zero-order valence-electron chi connectivity index (χ0n) is 11.5. The maximum absolute atomic E-state index is 12.1. The van der Waals surface area contributed by atoms with Gasteiger partial charge in [0, 0.05) is 13.0 Å². The largest absolute Gasteiger partial charge is 0.352 e. The molecule has 6 nitrogen and oxygen atoms in total. The van der Waals surface area contributed by atoms with Crippen LogP contribution in [0.25, 0.3) is 0 Å². The molecule has 0 bridgehead atoms. The van der Waals surface area contributed by atoms with Crippen molar-refractivity contribution in [3.05, 3.63) is 0 Å². The highest BCUT2D eigenvalue weighted by molar-refractivity contribution is 7.98. The maximum atomic E-state index is 12.1. The number of amides is 3. The highest BCUT2D eigenvalue weighted by atomic mass is 32.2. The molecule has 0 spiro atoms. The van der Waals surface area contributed by atoms with Crippen LogP contribution < -0.4 is 16.0 Å². The van der Waals surface area contributed by atoms with Crippen LogP contribution in [-0.4, -0.2) is 47.9 Å². The molecule has 0 aliphatic carbocycles. The molecular weight excluding hydrogens is 266 g/mol. The highest BCUT2D eigenvalue weighted by Gasteiger charge is 2.32. The number of thioether (sulfide) groups is 1. The van der Waals surface area contributed by atoms with Crippen LogP contribution in [0.4, 0.5) is 0 Å². The quantitative estimate of drug-likeness (QED) is 0.622. The van der Waals surface area contributed by atoms with E-state index < -0.39 is 12.1 Å². The van der Waals surface area contributed by atoms with Gasteiger partial charge in [0.1, 0.15) is 12.1 Å². The number of carbonyl (C=O) groups excluding carboxylic acids is 3. The molecule has 1 saturated heterocycles. The number of rotatable bonds is 6. The fraction of sp³-hybridized carbons (Fsp3) is 0.750. The predicted molar refractivity (Wildman–Crippen MR) is 74.8 cm³/mol. The summed E-state index contributed by atoms with van der Waals surface area (Å²) in [5.74, 6) is 0.0716. The lowest BCUT2D eigenvalue weighted by Gasteiger charge is -2.19. The molecule has 7 heteroatoms. The monoisotopic (exact) mass is 287 g/mol. The van der Waals surface area contributed by atoms with E-state index in [0.717, 1.165) is 5.75 Å².